The van der Waals surface area contributed by atoms with E-state index in [4.69, 9.17) is 17.0 Å². The predicted octanol–water partition coefficient (Wildman–Crippen LogP) is 4.48. The lowest BCUT2D eigenvalue weighted by Gasteiger charge is -2.10. The number of anilines is 1. The van der Waals surface area contributed by atoms with Crippen LogP contribution in [0.2, 0.25) is 0 Å². The maximum atomic E-state index is 13.1. The van der Waals surface area contributed by atoms with Crippen LogP contribution in [0.25, 0.3) is 16.7 Å². The van der Waals surface area contributed by atoms with Gasteiger partial charge in [-0.25, -0.2) is 4.39 Å². The van der Waals surface area contributed by atoms with Crippen molar-refractivity contribution >= 4 is 40.0 Å². The highest BCUT2D eigenvalue weighted by molar-refractivity contribution is 7.80. The molecule has 2 N–H and O–H groups in total. The number of hydrogen-bond donors (Lipinski definition) is 2. The maximum absolute atomic E-state index is 13.1. The maximum Gasteiger partial charge on any atom is 0.257 e. The normalized spacial score (nSPS) is 10.7. The first kappa shape index (κ1) is 21.4. The van der Waals surface area contributed by atoms with Crippen molar-refractivity contribution in [2.45, 2.75) is 13.3 Å². The summed E-state index contributed by atoms with van der Waals surface area (Å²) in [5.74, 6) is 0.0623. The number of hydrogen-bond acceptors (Lipinski definition) is 5. The molecule has 7 nitrogen and oxygen atoms in total. The summed E-state index contributed by atoms with van der Waals surface area (Å²) in [7, 11) is 0. The summed E-state index contributed by atoms with van der Waals surface area (Å²) < 4.78 is 18.7. The first-order valence-electron chi connectivity index (χ1n) is 10.00. The molecule has 0 saturated carbocycles. The fourth-order valence-electron chi connectivity index (χ4n) is 2.94. The molecular weight excluding hydrogens is 429 g/mol. The lowest BCUT2D eigenvalue weighted by atomic mass is 10.2. The molecule has 3 aromatic carbocycles. The number of fused-ring (bicyclic) bond motifs is 1. The Morgan fingerprint density at radius 1 is 1.03 bits per heavy atom. The van der Waals surface area contributed by atoms with Gasteiger partial charge in [0, 0.05) is 11.3 Å². The lowest BCUT2D eigenvalue weighted by Crippen LogP contribution is -2.34. The van der Waals surface area contributed by atoms with Crippen LogP contribution in [-0.4, -0.2) is 32.6 Å². The van der Waals surface area contributed by atoms with E-state index in [1.807, 2.05) is 6.92 Å². The van der Waals surface area contributed by atoms with E-state index in [9.17, 15) is 9.18 Å². The summed E-state index contributed by atoms with van der Waals surface area (Å²) in [6, 6.07) is 18.1. The number of carbonyl (C=O) groups is 1. The first-order valence-corrected chi connectivity index (χ1v) is 10.4. The number of aromatic nitrogens is 3. The van der Waals surface area contributed by atoms with E-state index in [0.717, 1.165) is 6.42 Å². The zero-order chi connectivity index (χ0) is 22.5. The van der Waals surface area contributed by atoms with Gasteiger partial charge in [-0.2, -0.15) is 4.80 Å². The third-order valence-electron chi connectivity index (χ3n) is 4.51. The number of halogens is 1. The second kappa shape index (κ2) is 9.52. The highest BCUT2D eigenvalue weighted by Crippen LogP contribution is 2.18. The Balaban J connectivity index is 1.40. The van der Waals surface area contributed by atoms with Crippen molar-refractivity contribution in [3.8, 4) is 11.4 Å². The van der Waals surface area contributed by atoms with E-state index in [1.54, 1.807) is 54.6 Å². The highest BCUT2D eigenvalue weighted by Gasteiger charge is 2.10. The van der Waals surface area contributed by atoms with Crippen LogP contribution in [0.3, 0.4) is 0 Å². The Kier molecular flexibility index (Phi) is 6.37. The summed E-state index contributed by atoms with van der Waals surface area (Å²) in [6.45, 7) is 2.66. The second-order valence-corrected chi connectivity index (χ2v) is 7.36. The topological polar surface area (TPSA) is 81.1 Å². The molecule has 1 heterocycles. The molecule has 0 aliphatic rings. The van der Waals surface area contributed by atoms with E-state index in [-0.39, 0.29) is 16.8 Å². The van der Waals surface area contributed by atoms with Crippen LogP contribution in [-0.2, 0) is 0 Å². The van der Waals surface area contributed by atoms with Gasteiger partial charge in [0.1, 0.15) is 22.6 Å². The number of benzene rings is 3. The monoisotopic (exact) mass is 449 g/mol. The molecule has 0 atom stereocenters. The molecule has 32 heavy (non-hydrogen) atoms. The molecule has 0 spiro atoms. The number of nitrogens with zero attached hydrogens (tertiary/aromatic N) is 3. The van der Waals surface area contributed by atoms with Crippen molar-refractivity contribution in [2.75, 3.05) is 11.9 Å². The van der Waals surface area contributed by atoms with Gasteiger partial charge >= 0.3 is 0 Å². The fourth-order valence-corrected chi connectivity index (χ4v) is 3.15. The van der Waals surface area contributed by atoms with Crippen LogP contribution < -0.4 is 15.4 Å². The van der Waals surface area contributed by atoms with Gasteiger partial charge < -0.3 is 10.1 Å². The van der Waals surface area contributed by atoms with Crippen LogP contribution in [0.5, 0.6) is 5.75 Å². The van der Waals surface area contributed by atoms with E-state index in [2.05, 4.69) is 20.8 Å². The zero-order valence-corrected chi connectivity index (χ0v) is 18.0. The number of nitrogens with one attached hydrogen (secondary N) is 2. The van der Waals surface area contributed by atoms with Crippen LogP contribution in [0.1, 0.15) is 23.7 Å². The molecule has 0 radical (unpaired) electrons. The van der Waals surface area contributed by atoms with Crippen LogP contribution in [0, 0.1) is 5.82 Å². The van der Waals surface area contributed by atoms with Gasteiger partial charge in [-0.1, -0.05) is 6.92 Å². The summed E-state index contributed by atoms with van der Waals surface area (Å²) >= 11 is 5.27. The number of amides is 1. The lowest BCUT2D eigenvalue weighted by molar-refractivity contribution is 0.0977. The molecule has 1 amide bonds. The first-order chi connectivity index (χ1) is 15.5. The molecule has 0 fully saturated rings. The Morgan fingerprint density at radius 3 is 2.47 bits per heavy atom. The Labute approximate surface area is 189 Å². The zero-order valence-electron chi connectivity index (χ0n) is 17.2. The van der Waals surface area contributed by atoms with Crippen molar-refractivity contribution in [1.29, 1.82) is 0 Å². The van der Waals surface area contributed by atoms with Gasteiger partial charge in [0.25, 0.3) is 5.91 Å². The number of thiocarbonyl (C=S) groups is 1. The van der Waals surface area contributed by atoms with Crippen molar-refractivity contribution in [1.82, 2.24) is 20.3 Å². The Morgan fingerprint density at radius 2 is 1.75 bits per heavy atom. The van der Waals surface area contributed by atoms with E-state index in [1.165, 1.54) is 16.9 Å². The number of ether oxygens (including phenoxy) is 1. The minimum atomic E-state index is -0.326. The van der Waals surface area contributed by atoms with E-state index in [0.29, 0.717) is 40.3 Å². The summed E-state index contributed by atoms with van der Waals surface area (Å²) in [5.41, 5.74) is 3.05. The molecule has 0 bridgehead atoms. The Bertz CT molecular complexity index is 1260. The fraction of sp³-hybridized carbons (Fsp3) is 0.130. The largest absolute Gasteiger partial charge is 0.494 e. The molecule has 0 aliphatic heterocycles. The van der Waals surface area contributed by atoms with Crippen molar-refractivity contribution < 1.29 is 13.9 Å². The molecule has 0 aliphatic carbocycles. The third-order valence-corrected chi connectivity index (χ3v) is 4.72. The highest BCUT2D eigenvalue weighted by atomic mass is 32.1. The number of rotatable bonds is 6. The molecule has 4 rings (SSSR count). The van der Waals surface area contributed by atoms with E-state index < -0.39 is 0 Å². The van der Waals surface area contributed by atoms with Crippen LogP contribution in [0.4, 0.5) is 10.1 Å². The van der Waals surface area contributed by atoms with Gasteiger partial charge in [-0.3, -0.25) is 10.1 Å². The van der Waals surface area contributed by atoms with Crippen molar-refractivity contribution in [3.05, 3.63) is 78.1 Å². The van der Waals surface area contributed by atoms with Gasteiger partial charge in [-0.05, 0) is 85.4 Å². The quantitative estimate of drug-likeness (QED) is 0.423. The van der Waals surface area contributed by atoms with Gasteiger partial charge in [0.15, 0.2) is 5.11 Å². The molecule has 1 aromatic heterocycles. The average Bonchev–Trinajstić information content (AvgIpc) is 3.21. The van der Waals surface area contributed by atoms with Crippen LogP contribution in [0.15, 0.2) is 66.7 Å². The van der Waals surface area contributed by atoms with E-state index >= 15 is 0 Å². The van der Waals surface area contributed by atoms with Crippen LogP contribution >= 0.6 is 12.2 Å². The molecule has 0 unspecified atom stereocenters. The third kappa shape index (κ3) is 5.06. The smallest absolute Gasteiger partial charge is 0.257 e. The average molecular weight is 450 g/mol. The Hall–Kier alpha value is -3.85. The van der Waals surface area contributed by atoms with Gasteiger partial charge in [0.05, 0.1) is 12.3 Å². The number of carbonyl (C=O) groups excluding carboxylic acids is 1. The molecule has 4 aromatic rings. The minimum absolute atomic E-state index is 0.159. The van der Waals surface area contributed by atoms with Gasteiger partial charge in [-0.15, -0.1) is 10.2 Å². The van der Waals surface area contributed by atoms with Crippen molar-refractivity contribution in [3.63, 3.8) is 0 Å². The predicted molar refractivity (Wildman–Crippen MR) is 125 cm³/mol. The summed E-state index contributed by atoms with van der Waals surface area (Å²) in [4.78, 5) is 13.9. The molecule has 0 saturated heterocycles. The molecule has 9 heteroatoms. The van der Waals surface area contributed by atoms with Crippen molar-refractivity contribution in [2.24, 2.45) is 0 Å². The van der Waals surface area contributed by atoms with Gasteiger partial charge in [0.2, 0.25) is 0 Å². The molecular formula is C23H20FN5O2S. The second-order valence-electron chi connectivity index (χ2n) is 6.95. The summed E-state index contributed by atoms with van der Waals surface area (Å²) in [5, 5.41) is 14.6. The SMILES string of the molecule is CCCOc1ccc(C(=O)NC(=S)Nc2ccc3nn(-c4ccc(F)cc4)nc3c2)cc1. The minimum Gasteiger partial charge on any atom is -0.494 e. The standard InChI is InChI=1S/C23H20FN5O2S/c1-2-13-31-19-10-3-15(4-11-19)22(30)26-23(32)25-17-7-12-20-21(14-17)28-29(27-20)18-8-5-16(24)6-9-18/h3-12,14H,2,13H2,1H3,(H2,25,26,30,32). The molecule has 162 valence electrons. The summed E-state index contributed by atoms with van der Waals surface area (Å²) in [6.07, 6.45) is 0.913.